The summed E-state index contributed by atoms with van der Waals surface area (Å²) in [6.45, 7) is 3.72. The summed E-state index contributed by atoms with van der Waals surface area (Å²) in [5.41, 5.74) is 6.64. The van der Waals surface area contributed by atoms with E-state index in [1.165, 1.54) is 94.3 Å². The number of nitrogen functional groups attached to an aromatic ring is 1. The third-order valence-corrected chi connectivity index (χ3v) is 11.4. The van der Waals surface area contributed by atoms with Crippen LogP contribution in [0, 0.1) is 11.3 Å². The Morgan fingerprint density at radius 1 is 0.946 bits per heavy atom. The van der Waals surface area contributed by atoms with Crippen LogP contribution in [0.3, 0.4) is 0 Å². The predicted octanol–water partition coefficient (Wildman–Crippen LogP) is 7.52. The van der Waals surface area contributed by atoms with E-state index in [4.69, 9.17) is 29.0 Å². The van der Waals surface area contributed by atoms with Gasteiger partial charge in [0.05, 0.1) is 43.8 Å². The molecule has 15 heteroatoms. The van der Waals surface area contributed by atoms with Crippen molar-refractivity contribution in [3.63, 3.8) is 0 Å². The Kier molecular flexibility index (Phi) is 19.7. The second-order valence-corrected chi connectivity index (χ2v) is 16.5. The van der Waals surface area contributed by atoms with Gasteiger partial charge < -0.3 is 35.1 Å². The Morgan fingerprint density at radius 2 is 1.59 bits per heavy atom. The van der Waals surface area contributed by atoms with E-state index >= 15 is 0 Å². The van der Waals surface area contributed by atoms with Gasteiger partial charge in [-0.2, -0.15) is 10.4 Å². The van der Waals surface area contributed by atoms with Crippen LogP contribution in [0.2, 0.25) is 0 Å². The molecule has 1 aromatic carbocycles. The molecule has 1 fully saturated rings. The molecule has 56 heavy (non-hydrogen) atoms. The molecule has 6 atom stereocenters. The van der Waals surface area contributed by atoms with Crippen LogP contribution in [0.5, 0.6) is 0 Å². The molecule has 14 nitrogen and oxygen atoms in total. The standard InChI is InChI=1S/C41H64N5O9P/c1-3-4-5-6-7-8-9-10-11-12-13-14-15-16-17-18-24-51-28-34(52-27-33-21-19-20-32(25-33)26-42)29-53-56(49,50)54-30-36-38(47)39(48)41(2,55-36)37-23-22-35-40(43)44-31-45-46(35)37/h19-23,25,31,34,36,38-39,47-48H,3-18,24,27-30H2,1-2H3,(H,49,50)(H2,43,44,45)/t34-,36?,38-,39-,41+/m1/s1. The molecule has 3 heterocycles. The monoisotopic (exact) mass is 801 g/mol. The summed E-state index contributed by atoms with van der Waals surface area (Å²) in [6.07, 6.45) is 17.0. The Bertz CT molecular complexity index is 1670. The highest BCUT2D eigenvalue weighted by atomic mass is 31.2. The summed E-state index contributed by atoms with van der Waals surface area (Å²) in [5.74, 6) is 0.227. The SMILES string of the molecule is CCCCCCCCCCCCCCCCCCOC[C@H](COP(=O)(O)OCC1O[C@@](C)(c2ccc3c(N)ncnn23)[C@H](O)[C@@H]1O)OCc1cccc(C#N)c1. The molecule has 0 aliphatic carbocycles. The largest absolute Gasteiger partial charge is 0.472 e. The fraction of sp³-hybridized carbons (Fsp3) is 0.683. The van der Waals surface area contributed by atoms with Gasteiger partial charge in [-0.1, -0.05) is 115 Å². The van der Waals surface area contributed by atoms with Crippen LogP contribution < -0.4 is 5.73 Å². The van der Waals surface area contributed by atoms with Crippen molar-refractivity contribution in [2.75, 3.05) is 32.2 Å². The number of nitrogens with two attached hydrogens (primary N) is 1. The quantitative estimate of drug-likeness (QED) is 0.0397. The highest BCUT2D eigenvalue weighted by Crippen LogP contribution is 2.46. The summed E-state index contributed by atoms with van der Waals surface area (Å²) >= 11 is 0. The first kappa shape index (κ1) is 45.7. The first-order valence-corrected chi connectivity index (χ1v) is 22.0. The van der Waals surface area contributed by atoms with Crippen LogP contribution in [0.15, 0.2) is 42.7 Å². The van der Waals surface area contributed by atoms with Gasteiger partial charge in [-0.05, 0) is 43.2 Å². The Labute approximate surface area is 332 Å². The number of fused-ring (bicyclic) bond motifs is 1. The molecule has 1 aliphatic rings. The second-order valence-electron chi connectivity index (χ2n) is 15.0. The number of anilines is 1. The van der Waals surface area contributed by atoms with E-state index in [2.05, 4.69) is 23.1 Å². The van der Waals surface area contributed by atoms with E-state index in [1.54, 1.807) is 37.3 Å². The average Bonchev–Trinajstić information content (AvgIpc) is 3.74. The minimum Gasteiger partial charge on any atom is -0.387 e. The number of aromatic nitrogens is 3. The molecule has 0 bridgehead atoms. The number of phosphoric ester groups is 1. The summed E-state index contributed by atoms with van der Waals surface area (Å²) in [6, 6.07) is 12.4. The van der Waals surface area contributed by atoms with E-state index in [1.807, 2.05) is 6.07 Å². The Hall–Kier alpha value is -2.96. The summed E-state index contributed by atoms with van der Waals surface area (Å²) in [5, 5.41) is 35.3. The summed E-state index contributed by atoms with van der Waals surface area (Å²) in [4.78, 5) is 14.6. The number of hydrogen-bond donors (Lipinski definition) is 4. The predicted molar refractivity (Wildman–Crippen MR) is 213 cm³/mol. The molecule has 5 N–H and O–H groups in total. The fourth-order valence-electron chi connectivity index (χ4n) is 7.09. The molecule has 0 radical (unpaired) electrons. The maximum absolute atomic E-state index is 13.0. The lowest BCUT2D eigenvalue weighted by Crippen LogP contribution is -2.39. The number of benzene rings is 1. The van der Waals surface area contributed by atoms with Crippen molar-refractivity contribution in [3.8, 4) is 6.07 Å². The second kappa shape index (κ2) is 24.1. The van der Waals surface area contributed by atoms with E-state index < -0.39 is 44.4 Å². The van der Waals surface area contributed by atoms with Crippen molar-refractivity contribution in [3.05, 3.63) is 59.5 Å². The van der Waals surface area contributed by atoms with E-state index in [0.717, 1.165) is 24.8 Å². The average molecular weight is 802 g/mol. The van der Waals surface area contributed by atoms with E-state index in [9.17, 15) is 24.9 Å². The fourth-order valence-corrected chi connectivity index (χ4v) is 7.86. The third kappa shape index (κ3) is 14.5. The smallest absolute Gasteiger partial charge is 0.387 e. The lowest BCUT2D eigenvalue weighted by atomic mass is 9.93. The van der Waals surface area contributed by atoms with Gasteiger partial charge in [0, 0.05) is 6.61 Å². The number of rotatable bonds is 29. The molecule has 312 valence electrons. The molecule has 3 aromatic rings. The van der Waals surface area contributed by atoms with Crippen molar-refractivity contribution in [1.82, 2.24) is 14.6 Å². The third-order valence-electron chi connectivity index (χ3n) is 10.5. The zero-order chi connectivity index (χ0) is 40.2. The number of ether oxygens (including phenoxy) is 3. The molecule has 1 aliphatic heterocycles. The molecule has 0 saturated carbocycles. The van der Waals surface area contributed by atoms with E-state index in [-0.39, 0.29) is 25.6 Å². The molecular formula is C41H64N5O9P. The number of unbranched alkanes of at least 4 members (excludes halogenated alkanes) is 15. The number of aliphatic hydroxyl groups is 2. The molecule has 2 unspecified atom stereocenters. The maximum Gasteiger partial charge on any atom is 0.472 e. The molecule has 1 saturated heterocycles. The number of hydrogen-bond acceptors (Lipinski definition) is 12. The zero-order valence-electron chi connectivity index (χ0n) is 33.3. The van der Waals surface area contributed by atoms with Gasteiger partial charge in [-0.3, -0.25) is 9.05 Å². The highest BCUT2D eigenvalue weighted by Gasteiger charge is 2.54. The highest BCUT2D eigenvalue weighted by molar-refractivity contribution is 7.47. The van der Waals surface area contributed by atoms with Crippen molar-refractivity contribution < 1.29 is 42.9 Å². The van der Waals surface area contributed by atoms with Crippen molar-refractivity contribution >= 4 is 19.2 Å². The van der Waals surface area contributed by atoms with Crippen LogP contribution in [-0.2, 0) is 40.0 Å². The van der Waals surface area contributed by atoms with Gasteiger partial charge in [0.25, 0.3) is 0 Å². The maximum atomic E-state index is 13.0. The topological polar surface area (TPSA) is 204 Å². The van der Waals surface area contributed by atoms with Crippen molar-refractivity contribution in [2.45, 2.75) is 153 Å². The number of aliphatic hydroxyl groups excluding tert-OH is 2. The lowest BCUT2D eigenvalue weighted by Gasteiger charge is -2.27. The molecule has 0 amide bonds. The van der Waals surface area contributed by atoms with Crippen molar-refractivity contribution in [1.29, 1.82) is 5.26 Å². The number of nitrogens with zero attached hydrogens (tertiary/aromatic N) is 4. The van der Waals surface area contributed by atoms with Crippen LogP contribution in [-0.4, -0.2) is 80.5 Å². The molecule has 4 rings (SSSR count). The number of phosphoric acid groups is 1. The van der Waals surface area contributed by atoms with Crippen LogP contribution >= 0.6 is 7.82 Å². The molecule has 2 aromatic heterocycles. The van der Waals surface area contributed by atoms with Gasteiger partial charge >= 0.3 is 7.82 Å². The Morgan fingerprint density at radius 3 is 2.23 bits per heavy atom. The first-order valence-electron chi connectivity index (χ1n) is 20.5. The van der Waals surface area contributed by atoms with Gasteiger partial charge in [0.1, 0.15) is 41.9 Å². The van der Waals surface area contributed by atoms with Gasteiger partial charge in [0.2, 0.25) is 0 Å². The van der Waals surface area contributed by atoms with Gasteiger partial charge in [-0.25, -0.2) is 14.1 Å². The minimum absolute atomic E-state index is 0.116. The van der Waals surface area contributed by atoms with Crippen LogP contribution in [0.4, 0.5) is 5.82 Å². The van der Waals surface area contributed by atoms with Crippen LogP contribution in [0.25, 0.3) is 5.52 Å². The van der Waals surface area contributed by atoms with Crippen molar-refractivity contribution in [2.24, 2.45) is 0 Å². The minimum atomic E-state index is -4.67. The van der Waals surface area contributed by atoms with E-state index in [0.29, 0.717) is 23.4 Å². The van der Waals surface area contributed by atoms with Gasteiger partial charge in [-0.15, -0.1) is 0 Å². The summed E-state index contributed by atoms with van der Waals surface area (Å²) in [7, 11) is -4.67. The zero-order valence-corrected chi connectivity index (χ0v) is 34.2. The Balaban J connectivity index is 1.16. The molecule has 0 spiro atoms. The lowest BCUT2D eigenvalue weighted by molar-refractivity contribution is -0.0901. The van der Waals surface area contributed by atoms with Gasteiger partial charge in [0.15, 0.2) is 5.82 Å². The first-order chi connectivity index (χ1) is 27.1. The van der Waals surface area contributed by atoms with Crippen LogP contribution in [0.1, 0.15) is 133 Å². The normalized spacial score (nSPS) is 21.3. The molecular weight excluding hydrogens is 737 g/mol. The summed E-state index contributed by atoms with van der Waals surface area (Å²) < 4.78 is 43.0. The number of nitriles is 1.